The molecule has 2 heterocycles. The summed E-state index contributed by atoms with van der Waals surface area (Å²) in [6.07, 6.45) is 1.60. The summed E-state index contributed by atoms with van der Waals surface area (Å²) in [6, 6.07) is 4.91. The number of para-hydroxylation sites is 1. The molecule has 0 radical (unpaired) electrons. The van der Waals surface area contributed by atoms with Gasteiger partial charge in [0.1, 0.15) is 11.6 Å². The van der Waals surface area contributed by atoms with Crippen molar-refractivity contribution in [3.05, 3.63) is 35.8 Å². The van der Waals surface area contributed by atoms with Crippen LogP contribution in [0.15, 0.2) is 24.4 Å². The Morgan fingerprint density at radius 2 is 2.10 bits per heavy atom. The van der Waals surface area contributed by atoms with Crippen LogP contribution in [0.2, 0.25) is 0 Å². The minimum Gasteiger partial charge on any atom is -0.357 e. The number of H-pyrrole nitrogens is 1. The second-order valence-corrected chi connectivity index (χ2v) is 4.33. The van der Waals surface area contributed by atoms with E-state index in [9.17, 15) is 4.39 Å². The molecule has 0 unspecified atom stereocenters. The Morgan fingerprint density at radius 1 is 1.25 bits per heavy atom. The Morgan fingerprint density at radius 3 is 2.85 bits per heavy atom. The lowest BCUT2D eigenvalue weighted by molar-refractivity contribution is 0.631. The summed E-state index contributed by atoms with van der Waals surface area (Å²) in [6.45, 7) is 1.83. The molecule has 3 rings (SSSR count). The highest BCUT2D eigenvalue weighted by Gasteiger charge is 2.12. The normalized spacial score (nSPS) is 10.8. The topological polar surface area (TPSA) is 78.5 Å². The SMILES string of the molecule is CNc1nc(Nc2c(C)cccc2F)c2cn[nH]c2n1. The van der Waals surface area contributed by atoms with Crippen LogP contribution in [0.3, 0.4) is 0 Å². The molecular weight excluding hydrogens is 259 g/mol. The van der Waals surface area contributed by atoms with E-state index in [4.69, 9.17) is 0 Å². The van der Waals surface area contributed by atoms with Gasteiger partial charge in [-0.15, -0.1) is 0 Å². The van der Waals surface area contributed by atoms with Gasteiger partial charge in [0.2, 0.25) is 5.95 Å². The fraction of sp³-hybridized carbons (Fsp3) is 0.154. The fourth-order valence-electron chi connectivity index (χ4n) is 1.95. The van der Waals surface area contributed by atoms with E-state index in [0.29, 0.717) is 28.5 Å². The van der Waals surface area contributed by atoms with Gasteiger partial charge >= 0.3 is 0 Å². The van der Waals surface area contributed by atoms with Gasteiger partial charge in [0.05, 0.1) is 17.3 Å². The zero-order valence-corrected chi connectivity index (χ0v) is 11.0. The van der Waals surface area contributed by atoms with Crippen LogP contribution in [0.4, 0.5) is 21.8 Å². The van der Waals surface area contributed by atoms with E-state index in [-0.39, 0.29) is 5.82 Å². The van der Waals surface area contributed by atoms with Crippen molar-refractivity contribution in [1.82, 2.24) is 20.2 Å². The van der Waals surface area contributed by atoms with Gasteiger partial charge in [0.25, 0.3) is 0 Å². The number of benzene rings is 1. The number of nitrogens with one attached hydrogen (secondary N) is 3. The van der Waals surface area contributed by atoms with Crippen LogP contribution in [0.5, 0.6) is 0 Å². The summed E-state index contributed by atoms with van der Waals surface area (Å²) in [5.74, 6) is 0.603. The van der Waals surface area contributed by atoms with Crippen molar-refractivity contribution < 1.29 is 4.39 Å². The molecule has 7 heteroatoms. The summed E-state index contributed by atoms with van der Waals surface area (Å²) in [5.41, 5.74) is 1.78. The standard InChI is InChI=1S/C13H13FN6/c1-7-4-3-5-9(14)10(7)17-11-8-6-16-20-12(8)19-13(15-2)18-11/h3-6H,1-2H3,(H3,15,16,17,18,19,20). The van der Waals surface area contributed by atoms with Gasteiger partial charge in [-0.05, 0) is 18.6 Å². The minimum atomic E-state index is -0.328. The zero-order valence-electron chi connectivity index (χ0n) is 11.0. The van der Waals surface area contributed by atoms with E-state index in [1.807, 2.05) is 13.0 Å². The van der Waals surface area contributed by atoms with Crippen molar-refractivity contribution in [2.24, 2.45) is 0 Å². The first-order chi connectivity index (χ1) is 9.69. The molecule has 3 aromatic rings. The predicted octanol–water partition coefficient (Wildman–Crippen LogP) is 2.59. The molecule has 3 N–H and O–H groups in total. The average Bonchev–Trinajstić information content (AvgIpc) is 2.91. The first-order valence-corrected chi connectivity index (χ1v) is 6.10. The van der Waals surface area contributed by atoms with Crippen molar-refractivity contribution >= 4 is 28.5 Å². The highest BCUT2D eigenvalue weighted by molar-refractivity contribution is 5.89. The number of nitrogens with zero attached hydrogens (tertiary/aromatic N) is 3. The number of hydrogen-bond acceptors (Lipinski definition) is 5. The molecular formula is C13H13FN6. The molecule has 0 aliphatic heterocycles. The maximum absolute atomic E-state index is 13.9. The lowest BCUT2D eigenvalue weighted by Gasteiger charge is -2.11. The first-order valence-electron chi connectivity index (χ1n) is 6.10. The molecule has 0 saturated heterocycles. The number of anilines is 3. The number of halogens is 1. The van der Waals surface area contributed by atoms with E-state index in [0.717, 1.165) is 5.56 Å². The number of hydrogen-bond donors (Lipinski definition) is 3. The summed E-state index contributed by atoms with van der Waals surface area (Å²) in [4.78, 5) is 8.54. The molecule has 0 saturated carbocycles. The quantitative estimate of drug-likeness (QED) is 0.683. The predicted molar refractivity (Wildman–Crippen MR) is 75.7 cm³/mol. The molecule has 0 aliphatic rings. The third-order valence-electron chi connectivity index (χ3n) is 3.00. The summed E-state index contributed by atoms with van der Waals surface area (Å²) < 4.78 is 13.9. The molecule has 20 heavy (non-hydrogen) atoms. The molecule has 0 bridgehead atoms. The van der Waals surface area contributed by atoms with Crippen LogP contribution in [0, 0.1) is 12.7 Å². The van der Waals surface area contributed by atoms with Gasteiger partial charge in [-0.25, -0.2) is 4.39 Å². The summed E-state index contributed by atoms with van der Waals surface area (Å²) in [5, 5.41) is 13.3. The highest BCUT2D eigenvalue weighted by atomic mass is 19.1. The van der Waals surface area contributed by atoms with Crippen LogP contribution in [0.25, 0.3) is 11.0 Å². The lowest BCUT2D eigenvalue weighted by atomic mass is 10.2. The van der Waals surface area contributed by atoms with E-state index in [1.165, 1.54) is 6.07 Å². The smallest absolute Gasteiger partial charge is 0.226 e. The lowest BCUT2D eigenvalue weighted by Crippen LogP contribution is -2.03. The Balaban J connectivity index is 2.12. The zero-order chi connectivity index (χ0) is 14.1. The second kappa shape index (κ2) is 4.76. The maximum Gasteiger partial charge on any atom is 0.226 e. The van der Waals surface area contributed by atoms with E-state index < -0.39 is 0 Å². The molecule has 102 valence electrons. The fourth-order valence-corrected chi connectivity index (χ4v) is 1.95. The third kappa shape index (κ3) is 2.03. The van der Waals surface area contributed by atoms with E-state index in [1.54, 1.807) is 19.3 Å². The van der Waals surface area contributed by atoms with Gasteiger partial charge in [0, 0.05) is 7.05 Å². The average molecular weight is 272 g/mol. The van der Waals surface area contributed by atoms with Crippen LogP contribution in [-0.4, -0.2) is 27.2 Å². The largest absolute Gasteiger partial charge is 0.357 e. The van der Waals surface area contributed by atoms with Crippen molar-refractivity contribution in [2.75, 3.05) is 17.7 Å². The molecule has 0 fully saturated rings. The van der Waals surface area contributed by atoms with Crippen LogP contribution in [-0.2, 0) is 0 Å². The van der Waals surface area contributed by atoms with Crippen molar-refractivity contribution in [2.45, 2.75) is 6.92 Å². The molecule has 0 amide bonds. The summed E-state index contributed by atoms with van der Waals surface area (Å²) >= 11 is 0. The molecule has 1 aromatic carbocycles. The van der Waals surface area contributed by atoms with E-state index >= 15 is 0 Å². The molecule has 0 aliphatic carbocycles. The number of fused-ring (bicyclic) bond motifs is 1. The first kappa shape index (κ1) is 12.3. The number of rotatable bonds is 3. The van der Waals surface area contributed by atoms with Crippen molar-refractivity contribution in [3.63, 3.8) is 0 Å². The number of aromatic nitrogens is 4. The van der Waals surface area contributed by atoms with Crippen LogP contribution < -0.4 is 10.6 Å². The Bertz CT molecular complexity index is 746. The van der Waals surface area contributed by atoms with Crippen molar-refractivity contribution in [3.8, 4) is 0 Å². The summed E-state index contributed by atoms with van der Waals surface area (Å²) in [7, 11) is 1.72. The van der Waals surface area contributed by atoms with Crippen LogP contribution in [0.1, 0.15) is 5.56 Å². The van der Waals surface area contributed by atoms with Crippen molar-refractivity contribution in [1.29, 1.82) is 0 Å². The monoisotopic (exact) mass is 272 g/mol. The molecule has 6 nitrogen and oxygen atoms in total. The molecule has 0 atom stereocenters. The van der Waals surface area contributed by atoms with Gasteiger partial charge in [-0.1, -0.05) is 12.1 Å². The van der Waals surface area contributed by atoms with Crippen LogP contribution >= 0.6 is 0 Å². The van der Waals surface area contributed by atoms with Gasteiger partial charge < -0.3 is 10.6 Å². The highest BCUT2D eigenvalue weighted by Crippen LogP contribution is 2.27. The number of aryl methyl sites for hydroxylation is 1. The second-order valence-electron chi connectivity index (χ2n) is 4.33. The van der Waals surface area contributed by atoms with Gasteiger partial charge in [0.15, 0.2) is 5.65 Å². The Labute approximate surface area is 114 Å². The number of aromatic amines is 1. The third-order valence-corrected chi connectivity index (χ3v) is 3.00. The Kier molecular flexibility index (Phi) is 2.94. The maximum atomic E-state index is 13.9. The Hall–Kier alpha value is -2.70. The van der Waals surface area contributed by atoms with E-state index in [2.05, 4.69) is 30.8 Å². The minimum absolute atomic E-state index is 0.328. The molecule has 2 aromatic heterocycles. The molecule has 0 spiro atoms. The van der Waals surface area contributed by atoms with Gasteiger partial charge in [-0.3, -0.25) is 5.10 Å². The van der Waals surface area contributed by atoms with Gasteiger partial charge in [-0.2, -0.15) is 15.1 Å².